The van der Waals surface area contributed by atoms with Crippen LogP contribution in [0, 0.1) is 0 Å². The Balaban J connectivity index is 1.83. The van der Waals surface area contributed by atoms with Crippen LogP contribution < -0.4 is 5.32 Å². The van der Waals surface area contributed by atoms with Crippen LogP contribution >= 0.6 is 0 Å². The van der Waals surface area contributed by atoms with Crippen LogP contribution in [0.15, 0.2) is 36.7 Å². The number of fused-ring (bicyclic) bond motifs is 1. The molecule has 1 aromatic heterocycles. The highest BCUT2D eigenvalue weighted by Gasteiger charge is 2.20. The number of hydrogen-bond acceptors (Lipinski definition) is 3. The molecule has 1 N–H and O–H groups in total. The van der Waals surface area contributed by atoms with Crippen LogP contribution in [-0.2, 0) is 19.3 Å². The van der Waals surface area contributed by atoms with Crippen molar-refractivity contribution in [3.05, 3.63) is 59.2 Å². The van der Waals surface area contributed by atoms with Gasteiger partial charge in [-0.2, -0.15) is 0 Å². The fourth-order valence-corrected chi connectivity index (χ4v) is 3.11. The minimum Gasteiger partial charge on any atom is -0.310 e. The van der Waals surface area contributed by atoms with Gasteiger partial charge in [-0.15, -0.1) is 0 Å². The highest BCUT2D eigenvalue weighted by atomic mass is 14.9. The molecule has 0 amide bonds. The standard InChI is InChI=1S/C18H23N3/c1-2-11-19-17(14-7-4-3-5-8-14)12-18-15-9-6-10-16(15)20-13-21-18/h3-5,7-8,13,17,19H,2,6,9-12H2,1H3. The zero-order valence-corrected chi connectivity index (χ0v) is 12.7. The molecule has 0 saturated heterocycles. The van der Waals surface area contributed by atoms with E-state index in [1.807, 2.05) is 0 Å². The van der Waals surface area contributed by atoms with Crippen LogP contribution in [0.2, 0.25) is 0 Å². The van der Waals surface area contributed by atoms with Gasteiger partial charge in [-0.05, 0) is 43.4 Å². The quantitative estimate of drug-likeness (QED) is 0.883. The van der Waals surface area contributed by atoms with Gasteiger partial charge in [-0.1, -0.05) is 37.3 Å². The maximum Gasteiger partial charge on any atom is 0.115 e. The number of benzene rings is 1. The van der Waals surface area contributed by atoms with Crippen molar-refractivity contribution in [2.24, 2.45) is 0 Å². The van der Waals surface area contributed by atoms with Crippen molar-refractivity contribution in [3.63, 3.8) is 0 Å². The number of aryl methyl sites for hydroxylation is 1. The fourth-order valence-electron chi connectivity index (χ4n) is 3.11. The molecule has 0 radical (unpaired) electrons. The minimum atomic E-state index is 0.339. The molecule has 0 spiro atoms. The maximum absolute atomic E-state index is 4.57. The summed E-state index contributed by atoms with van der Waals surface area (Å²) in [6, 6.07) is 11.0. The molecule has 0 aliphatic heterocycles. The van der Waals surface area contributed by atoms with Crippen molar-refractivity contribution in [2.45, 2.75) is 45.1 Å². The van der Waals surface area contributed by atoms with Gasteiger partial charge in [-0.25, -0.2) is 9.97 Å². The van der Waals surface area contributed by atoms with Crippen LogP contribution in [-0.4, -0.2) is 16.5 Å². The Bertz CT molecular complexity index is 580. The normalized spacial score (nSPS) is 14.9. The molecule has 3 nitrogen and oxygen atoms in total. The van der Waals surface area contributed by atoms with E-state index >= 15 is 0 Å². The molecule has 1 unspecified atom stereocenters. The van der Waals surface area contributed by atoms with Gasteiger partial charge in [0.2, 0.25) is 0 Å². The Labute approximate surface area is 126 Å². The van der Waals surface area contributed by atoms with E-state index in [9.17, 15) is 0 Å². The third kappa shape index (κ3) is 3.30. The Morgan fingerprint density at radius 3 is 2.81 bits per heavy atom. The Hall–Kier alpha value is -1.74. The third-order valence-electron chi connectivity index (χ3n) is 4.20. The first-order valence-electron chi connectivity index (χ1n) is 7.98. The molecular weight excluding hydrogens is 258 g/mol. The fraction of sp³-hybridized carbons (Fsp3) is 0.444. The second-order valence-electron chi connectivity index (χ2n) is 5.72. The summed E-state index contributed by atoms with van der Waals surface area (Å²) < 4.78 is 0. The van der Waals surface area contributed by atoms with Crippen LogP contribution in [0.3, 0.4) is 0 Å². The van der Waals surface area contributed by atoms with E-state index in [0.717, 1.165) is 32.2 Å². The molecule has 1 aromatic carbocycles. The highest BCUT2D eigenvalue weighted by molar-refractivity contribution is 5.31. The number of hydrogen-bond donors (Lipinski definition) is 1. The predicted octanol–water partition coefficient (Wildman–Crippen LogP) is 3.25. The highest BCUT2D eigenvalue weighted by Crippen LogP contribution is 2.25. The lowest BCUT2D eigenvalue weighted by Gasteiger charge is -2.20. The van der Waals surface area contributed by atoms with Crippen LogP contribution in [0.1, 0.15) is 48.3 Å². The van der Waals surface area contributed by atoms with Crippen molar-refractivity contribution >= 4 is 0 Å². The zero-order chi connectivity index (χ0) is 14.5. The van der Waals surface area contributed by atoms with Crippen molar-refractivity contribution in [2.75, 3.05) is 6.54 Å². The molecule has 1 heterocycles. The average molecular weight is 281 g/mol. The van der Waals surface area contributed by atoms with Gasteiger partial charge in [0.1, 0.15) is 6.33 Å². The molecule has 110 valence electrons. The zero-order valence-electron chi connectivity index (χ0n) is 12.7. The van der Waals surface area contributed by atoms with Crippen molar-refractivity contribution in [1.29, 1.82) is 0 Å². The number of aromatic nitrogens is 2. The topological polar surface area (TPSA) is 37.8 Å². The molecule has 0 fully saturated rings. The molecule has 1 aliphatic carbocycles. The molecular formula is C18H23N3. The molecule has 0 saturated carbocycles. The largest absolute Gasteiger partial charge is 0.310 e. The van der Waals surface area contributed by atoms with E-state index in [1.165, 1.54) is 28.9 Å². The SMILES string of the molecule is CCCNC(Cc1ncnc2c1CCC2)c1ccccc1. The lowest BCUT2D eigenvalue weighted by molar-refractivity contribution is 0.522. The second kappa shape index (κ2) is 6.81. The molecule has 3 rings (SSSR count). The Morgan fingerprint density at radius 1 is 1.14 bits per heavy atom. The minimum absolute atomic E-state index is 0.339. The van der Waals surface area contributed by atoms with Crippen LogP contribution in [0.4, 0.5) is 0 Å². The predicted molar refractivity (Wildman–Crippen MR) is 85.2 cm³/mol. The lowest BCUT2D eigenvalue weighted by atomic mass is 9.99. The number of rotatable bonds is 6. The number of nitrogens with one attached hydrogen (secondary N) is 1. The molecule has 0 bridgehead atoms. The van der Waals surface area contributed by atoms with E-state index < -0.39 is 0 Å². The number of nitrogens with zero attached hydrogens (tertiary/aromatic N) is 2. The monoisotopic (exact) mass is 281 g/mol. The summed E-state index contributed by atoms with van der Waals surface area (Å²) in [5, 5.41) is 3.66. The van der Waals surface area contributed by atoms with Crippen molar-refractivity contribution < 1.29 is 0 Å². The first-order valence-corrected chi connectivity index (χ1v) is 7.98. The molecule has 1 atom stereocenters. The summed E-state index contributed by atoms with van der Waals surface area (Å²) in [6.07, 6.45) is 7.31. The summed E-state index contributed by atoms with van der Waals surface area (Å²) in [4.78, 5) is 9.00. The van der Waals surface area contributed by atoms with Crippen LogP contribution in [0.25, 0.3) is 0 Å². The van der Waals surface area contributed by atoms with Crippen molar-refractivity contribution in [1.82, 2.24) is 15.3 Å². The van der Waals surface area contributed by atoms with Gasteiger partial charge in [0.15, 0.2) is 0 Å². The molecule has 21 heavy (non-hydrogen) atoms. The van der Waals surface area contributed by atoms with Gasteiger partial charge in [-0.3, -0.25) is 0 Å². The summed E-state index contributed by atoms with van der Waals surface area (Å²) >= 11 is 0. The first-order chi connectivity index (χ1) is 10.4. The van der Waals surface area contributed by atoms with Crippen LogP contribution in [0.5, 0.6) is 0 Å². The van der Waals surface area contributed by atoms with Gasteiger partial charge in [0.05, 0.1) is 0 Å². The molecule has 3 heteroatoms. The van der Waals surface area contributed by atoms with E-state index in [1.54, 1.807) is 6.33 Å². The lowest BCUT2D eigenvalue weighted by Crippen LogP contribution is -2.25. The summed E-state index contributed by atoms with van der Waals surface area (Å²) in [6.45, 7) is 3.24. The van der Waals surface area contributed by atoms with E-state index in [2.05, 4.69) is 52.5 Å². The average Bonchev–Trinajstić information content (AvgIpc) is 3.01. The smallest absolute Gasteiger partial charge is 0.115 e. The van der Waals surface area contributed by atoms with E-state index in [-0.39, 0.29) is 0 Å². The van der Waals surface area contributed by atoms with E-state index in [4.69, 9.17) is 0 Å². The Kier molecular flexibility index (Phi) is 4.61. The van der Waals surface area contributed by atoms with Gasteiger partial charge in [0, 0.05) is 23.9 Å². The van der Waals surface area contributed by atoms with Gasteiger partial charge >= 0.3 is 0 Å². The van der Waals surface area contributed by atoms with Gasteiger partial charge < -0.3 is 5.32 Å². The second-order valence-corrected chi connectivity index (χ2v) is 5.72. The summed E-state index contributed by atoms with van der Waals surface area (Å²) in [7, 11) is 0. The van der Waals surface area contributed by atoms with E-state index in [0.29, 0.717) is 6.04 Å². The first kappa shape index (κ1) is 14.2. The Morgan fingerprint density at radius 2 is 2.00 bits per heavy atom. The van der Waals surface area contributed by atoms with Crippen molar-refractivity contribution in [3.8, 4) is 0 Å². The molecule has 1 aliphatic rings. The summed E-state index contributed by atoms with van der Waals surface area (Å²) in [5.74, 6) is 0. The maximum atomic E-state index is 4.57. The summed E-state index contributed by atoms with van der Waals surface area (Å²) in [5.41, 5.74) is 5.24. The molecule has 2 aromatic rings. The third-order valence-corrected chi connectivity index (χ3v) is 4.20. The van der Waals surface area contributed by atoms with Gasteiger partial charge in [0.25, 0.3) is 0 Å².